The van der Waals surface area contributed by atoms with Gasteiger partial charge in [0.25, 0.3) is 0 Å². The summed E-state index contributed by atoms with van der Waals surface area (Å²) >= 11 is 0. The minimum atomic E-state index is -1.26. The number of hydrogen-bond acceptors (Lipinski definition) is 4. The van der Waals surface area contributed by atoms with Crippen LogP contribution in [0.4, 0.5) is 13.2 Å². The molecule has 0 aromatic heterocycles. The predicted octanol–water partition coefficient (Wildman–Crippen LogP) is 2.01. The van der Waals surface area contributed by atoms with Crippen LogP contribution in [-0.4, -0.2) is 54.0 Å². The Hall–Kier alpha value is -1.12. The van der Waals surface area contributed by atoms with Gasteiger partial charge in [-0.2, -0.15) is 0 Å². The molecule has 2 heterocycles. The van der Waals surface area contributed by atoms with E-state index in [9.17, 15) is 23.1 Å². The maximum absolute atomic E-state index is 14.1. The van der Waals surface area contributed by atoms with E-state index in [0.29, 0.717) is 31.3 Å². The first-order valence-corrected chi connectivity index (χ1v) is 9.87. The zero-order valence-electron chi connectivity index (χ0n) is 15.9. The maximum Gasteiger partial charge on any atom is 0.224 e. The topological polar surface area (TPSA) is 73.4 Å². The second-order valence-electron chi connectivity index (χ2n) is 8.20. The van der Waals surface area contributed by atoms with E-state index >= 15 is 0 Å². The molecule has 2 fully saturated rings. The van der Waals surface area contributed by atoms with Crippen molar-refractivity contribution in [3.8, 4) is 0 Å². The van der Waals surface area contributed by atoms with Crippen molar-refractivity contribution in [2.45, 2.75) is 95.4 Å². The van der Waals surface area contributed by atoms with Crippen LogP contribution in [0, 0.1) is 5.92 Å². The zero-order valence-corrected chi connectivity index (χ0v) is 15.9. The van der Waals surface area contributed by atoms with Gasteiger partial charge >= 0.3 is 0 Å². The first-order chi connectivity index (χ1) is 12.8. The number of halogens is 3. The van der Waals surface area contributed by atoms with Crippen molar-refractivity contribution in [1.82, 2.24) is 16.0 Å². The fraction of sp³-hybridized carbons (Fsp3) is 0.842. The van der Waals surface area contributed by atoms with Gasteiger partial charge in [-0.15, -0.1) is 0 Å². The van der Waals surface area contributed by atoms with Crippen LogP contribution >= 0.6 is 0 Å². The summed E-state index contributed by atoms with van der Waals surface area (Å²) in [6.07, 6.45) is -2.86. The highest BCUT2D eigenvalue weighted by Crippen LogP contribution is 2.32. The molecule has 154 valence electrons. The Morgan fingerprint density at radius 1 is 1.22 bits per heavy atom. The van der Waals surface area contributed by atoms with Gasteiger partial charge in [0.2, 0.25) is 5.91 Å². The summed E-state index contributed by atoms with van der Waals surface area (Å²) in [6.45, 7) is 3.54. The number of fused-ring (bicyclic) bond motifs is 1. The van der Waals surface area contributed by atoms with Crippen LogP contribution in [0.25, 0.3) is 0 Å². The Balaban J connectivity index is 1.61. The van der Waals surface area contributed by atoms with Gasteiger partial charge in [0.05, 0.1) is 6.42 Å². The number of carbonyl (C=O) groups is 1. The summed E-state index contributed by atoms with van der Waals surface area (Å²) in [5, 5.41) is 19.1. The summed E-state index contributed by atoms with van der Waals surface area (Å²) in [6, 6.07) is -0.737. The van der Waals surface area contributed by atoms with Crippen LogP contribution in [0.1, 0.15) is 52.4 Å². The lowest BCUT2D eigenvalue weighted by atomic mass is 9.82. The predicted molar refractivity (Wildman–Crippen MR) is 96.0 cm³/mol. The largest absolute Gasteiger partial charge is 0.375 e. The molecule has 0 bridgehead atoms. The standard InChI is InChI=1S/C19H30F3N3O2/c1-9-13(19(27)24-15-5-6-16(22)25-18(9)15)8-17(26)23-10(2)12-4-3-11(20)7-14(12)21/h10-12,14-16,18-19,24-25,27H,3-8H2,1-2H3,(H,23,26)/t10-,11?,12?,14?,15?,16?,18?,19?/m0/s1. The van der Waals surface area contributed by atoms with Crippen LogP contribution in [0.2, 0.25) is 0 Å². The molecule has 7 unspecified atom stereocenters. The summed E-state index contributed by atoms with van der Waals surface area (Å²) in [5.74, 6) is -0.722. The number of carbonyl (C=O) groups excluding carboxylic acids is 1. The number of rotatable bonds is 4. The lowest BCUT2D eigenvalue weighted by Gasteiger charge is -2.42. The molecule has 1 aliphatic carbocycles. The number of aliphatic hydroxyl groups is 1. The Bertz CT molecular complexity index is 589. The highest BCUT2D eigenvalue weighted by Gasteiger charge is 2.39. The van der Waals surface area contributed by atoms with E-state index in [1.807, 2.05) is 0 Å². The summed E-state index contributed by atoms with van der Waals surface area (Å²) in [7, 11) is 0. The average molecular weight is 389 g/mol. The molecule has 5 nitrogen and oxygen atoms in total. The minimum Gasteiger partial charge on any atom is -0.375 e. The molecule has 3 aliphatic rings. The summed E-state index contributed by atoms with van der Waals surface area (Å²) < 4.78 is 41.1. The summed E-state index contributed by atoms with van der Waals surface area (Å²) in [5.41, 5.74) is 1.30. The lowest BCUT2D eigenvalue weighted by Crippen LogP contribution is -2.61. The third kappa shape index (κ3) is 4.66. The Morgan fingerprint density at radius 3 is 2.67 bits per heavy atom. The van der Waals surface area contributed by atoms with Crippen LogP contribution in [0.15, 0.2) is 11.1 Å². The highest BCUT2D eigenvalue weighted by molar-refractivity contribution is 5.79. The third-order valence-electron chi connectivity index (χ3n) is 6.31. The quantitative estimate of drug-likeness (QED) is 0.438. The van der Waals surface area contributed by atoms with Gasteiger partial charge < -0.3 is 10.4 Å². The molecule has 3 rings (SSSR count). The zero-order chi connectivity index (χ0) is 19.7. The van der Waals surface area contributed by atoms with Crippen LogP contribution in [0.3, 0.4) is 0 Å². The van der Waals surface area contributed by atoms with Crippen LogP contribution in [-0.2, 0) is 4.79 Å². The van der Waals surface area contributed by atoms with E-state index in [0.717, 1.165) is 5.57 Å². The third-order valence-corrected chi connectivity index (χ3v) is 6.31. The molecule has 27 heavy (non-hydrogen) atoms. The van der Waals surface area contributed by atoms with Crippen molar-refractivity contribution in [3.05, 3.63) is 11.1 Å². The molecular formula is C19H30F3N3O2. The molecule has 1 saturated heterocycles. The first-order valence-electron chi connectivity index (χ1n) is 9.87. The van der Waals surface area contributed by atoms with Crippen molar-refractivity contribution in [2.75, 3.05) is 0 Å². The molecule has 1 amide bonds. The van der Waals surface area contributed by atoms with E-state index in [1.54, 1.807) is 13.8 Å². The number of aliphatic hydroxyl groups excluding tert-OH is 1. The fourth-order valence-electron chi connectivity index (χ4n) is 4.69. The van der Waals surface area contributed by atoms with E-state index < -0.39 is 36.8 Å². The van der Waals surface area contributed by atoms with Gasteiger partial charge in [-0.3, -0.25) is 15.4 Å². The molecule has 0 aromatic carbocycles. The molecule has 8 atom stereocenters. The highest BCUT2D eigenvalue weighted by atomic mass is 19.1. The summed E-state index contributed by atoms with van der Waals surface area (Å²) in [4.78, 5) is 12.5. The minimum absolute atomic E-state index is 0.0401. The van der Waals surface area contributed by atoms with Crippen molar-refractivity contribution in [1.29, 1.82) is 0 Å². The molecule has 4 N–H and O–H groups in total. The normalized spacial score (nSPS) is 41.0. The number of alkyl halides is 3. The van der Waals surface area contributed by atoms with E-state index in [2.05, 4.69) is 16.0 Å². The van der Waals surface area contributed by atoms with Gasteiger partial charge in [0.15, 0.2) is 6.30 Å². The monoisotopic (exact) mass is 389 g/mol. The second-order valence-corrected chi connectivity index (χ2v) is 8.20. The molecular weight excluding hydrogens is 359 g/mol. The fourth-order valence-corrected chi connectivity index (χ4v) is 4.69. The Kier molecular flexibility index (Phi) is 6.48. The van der Waals surface area contributed by atoms with Crippen LogP contribution < -0.4 is 16.0 Å². The molecule has 2 aliphatic heterocycles. The number of nitrogens with one attached hydrogen (secondary N) is 3. The molecule has 0 radical (unpaired) electrons. The second kappa shape index (κ2) is 8.49. The van der Waals surface area contributed by atoms with E-state index in [-0.39, 0.29) is 30.8 Å². The SMILES string of the molecule is CC1=C(CC(=O)N[C@@H](C)C2CCC(F)CC2F)C(O)NC2CCC(F)NC12. The number of amides is 1. The number of hydrogen-bond donors (Lipinski definition) is 4. The molecule has 0 aromatic rings. The Morgan fingerprint density at radius 2 is 1.96 bits per heavy atom. The van der Waals surface area contributed by atoms with Gasteiger partial charge in [-0.05, 0) is 45.1 Å². The van der Waals surface area contributed by atoms with Gasteiger partial charge in [0.1, 0.15) is 18.6 Å². The van der Waals surface area contributed by atoms with Crippen LogP contribution in [0.5, 0.6) is 0 Å². The van der Waals surface area contributed by atoms with E-state index in [1.165, 1.54) is 0 Å². The van der Waals surface area contributed by atoms with Gasteiger partial charge in [-0.25, -0.2) is 13.2 Å². The van der Waals surface area contributed by atoms with Crippen molar-refractivity contribution < 1.29 is 23.1 Å². The Labute approximate surface area is 158 Å². The van der Waals surface area contributed by atoms with Crippen molar-refractivity contribution in [3.63, 3.8) is 0 Å². The van der Waals surface area contributed by atoms with Crippen molar-refractivity contribution in [2.24, 2.45) is 5.92 Å². The average Bonchev–Trinajstić information content (AvgIpc) is 2.59. The van der Waals surface area contributed by atoms with E-state index in [4.69, 9.17) is 0 Å². The molecule has 1 saturated carbocycles. The maximum atomic E-state index is 14.1. The molecule has 8 heteroatoms. The van der Waals surface area contributed by atoms with Gasteiger partial charge in [0, 0.05) is 30.5 Å². The lowest BCUT2D eigenvalue weighted by molar-refractivity contribution is -0.122. The number of piperidine rings is 1. The smallest absolute Gasteiger partial charge is 0.224 e. The first kappa shape index (κ1) is 20.6. The molecule has 0 spiro atoms. The van der Waals surface area contributed by atoms with Gasteiger partial charge in [-0.1, -0.05) is 5.57 Å². The van der Waals surface area contributed by atoms with Crippen molar-refractivity contribution >= 4 is 5.91 Å².